The average Bonchev–Trinajstić information content (AvgIpc) is 3.60. The molecule has 2 heterocycles. The number of halogens is 3. The SMILES string of the molecule is C[C@H]1CCCCO[C@H](CN(C)C(=O)Nc2ccc3c(c2)OCO3)[C@@H](C)CN([C@@H](C)CO)C(=O)c2cc(NC(=O)Nc3ccc(C(F)(F)F)cc3)ccc2O1. The Bertz CT molecular complexity index is 1780. The van der Waals surface area contributed by atoms with E-state index in [0.29, 0.717) is 30.2 Å². The maximum atomic E-state index is 14.4. The lowest BCUT2D eigenvalue weighted by Gasteiger charge is -2.35. The van der Waals surface area contributed by atoms with Gasteiger partial charge in [-0.2, -0.15) is 13.2 Å². The van der Waals surface area contributed by atoms with Gasteiger partial charge in [0.2, 0.25) is 6.79 Å². The quantitative estimate of drug-likeness (QED) is 0.201. The lowest BCUT2D eigenvalue weighted by molar-refractivity contribution is -0.137. The number of nitrogens with one attached hydrogen (secondary N) is 3. The number of carbonyl (C=O) groups is 3. The van der Waals surface area contributed by atoms with Gasteiger partial charge in [-0.25, -0.2) is 9.59 Å². The van der Waals surface area contributed by atoms with E-state index in [-0.39, 0.29) is 67.2 Å². The van der Waals surface area contributed by atoms with Gasteiger partial charge < -0.3 is 49.8 Å². The Kier molecular flexibility index (Phi) is 13.1. The molecule has 0 saturated carbocycles. The monoisotopic (exact) mass is 757 g/mol. The highest BCUT2D eigenvalue weighted by Gasteiger charge is 2.32. The molecule has 0 fully saturated rings. The Balaban J connectivity index is 1.34. The topological polar surface area (TPSA) is 151 Å². The number of hydrogen-bond acceptors (Lipinski definition) is 8. The molecular formula is C38H46F3N5O8. The van der Waals surface area contributed by atoms with Crippen molar-refractivity contribution in [2.24, 2.45) is 5.92 Å². The van der Waals surface area contributed by atoms with Gasteiger partial charge in [0, 0.05) is 55.8 Å². The Labute approximate surface area is 311 Å². The number of likely N-dealkylation sites (N-methyl/N-ethyl adjacent to an activating group) is 1. The molecule has 5 rings (SSSR count). The van der Waals surface area contributed by atoms with E-state index in [1.165, 1.54) is 15.9 Å². The van der Waals surface area contributed by atoms with Crippen LogP contribution in [0.2, 0.25) is 0 Å². The molecule has 0 saturated heterocycles. The molecule has 0 radical (unpaired) electrons. The van der Waals surface area contributed by atoms with Gasteiger partial charge in [0.25, 0.3) is 5.91 Å². The fourth-order valence-corrected chi connectivity index (χ4v) is 6.04. The first-order valence-electron chi connectivity index (χ1n) is 17.7. The number of alkyl halides is 3. The predicted molar refractivity (Wildman–Crippen MR) is 195 cm³/mol. The minimum atomic E-state index is -4.52. The second-order valence-corrected chi connectivity index (χ2v) is 13.5. The van der Waals surface area contributed by atoms with E-state index in [0.717, 1.165) is 37.1 Å². The summed E-state index contributed by atoms with van der Waals surface area (Å²) in [4.78, 5) is 43.5. The van der Waals surface area contributed by atoms with Gasteiger partial charge in [-0.1, -0.05) is 6.92 Å². The third kappa shape index (κ3) is 10.5. The van der Waals surface area contributed by atoms with E-state index in [1.54, 1.807) is 44.3 Å². The molecule has 0 aliphatic carbocycles. The summed E-state index contributed by atoms with van der Waals surface area (Å²) >= 11 is 0. The molecule has 0 bridgehead atoms. The van der Waals surface area contributed by atoms with Crippen LogP contribution in [0.1, 0.15) is 56.0 Å². The molecule has 54 heavy (non-hydrogen) atoms. The Morgan fingerprint density at radius 1 is 0.926 bits per heavy atom. The van der Waals surface area contributed by atoms with E-state index in [9.17, 15) is 32.7 Å². The molecule has 292 valence electrons. The third-order valence-corrected chi connectivity index (χ3v) is 9.20. The minimum absolute atomic E-state index is 0.110. The van der Waals surface area contributed by atoms with Gasteiger partial charge in [0.05, 0.1) is 36.0 Å². The van der Waals surface area contributed by atoms with Gasteiger partial charge in [-0.3, -0.25) is 4.79 Å². The van der Waals surface area contributed by atoms with Crippen LogP contribution in [0, 0.1) is 5.92 Å². The van der Waals surface area contributed by atoms with Crippen LogP contribution in [0.15, 0.2) is 60.7 Å². The lowest BCUT2D eigenvalue weighted by atomic mass is 10.0. The van der Waals surface area contributed by atoms with Crippen molar-refractivity contribution in [2.45, 2.75) is 64.5 Å². The molecule has 4 atom stereocenters. The van der Waals surface area contributed by atoms with E-state index >= 15 is 0 Å². The Morgan fingerprint density at radius 2 is 1.57 bits per heavy atom. The number of benzene rings is 3. The second kappa shape index (κ2) is 17.7. The number of nitrogens with zero attached hydrogens (tertiary/aromatic N) is 2. The number of hydrogen-bond donors (Lipinski definition) is 4. The van der Waals surface area contributed by atoms with Crippen molar-refractivity contribution >= 4 is 35.0 Å². The van der Waals surface area contributed by atoms with Gasteiger partial charge in [-0.15, -0.1) is 0 Å². The number of amides is 5. The largest absolute Gasteiger partial charge is 0.490 e. The Morgan fingerprint density at radius 3 is 2.28 bits per heavy atom. The third-order valence-electron chi connectivity index (χ3n) is 9.20. The number of fused-ring (bicyclic) bond motifs is 2. The smallest absolute Gasteiger partial charge is 0.416 e. The molecule has 0 unspecified atom stereocenters. The number of ether oxygens (including phenoxy) is 4. The van der Waals surface area contributed by atoms with Crippen molar-refractivity contribution in [3.8, 4) is 17.2 Å². The second-order valence-electron chi connectivity index (χ2n) is 13.5. The molecule has 16 heteroatoms. The van der Waals surface area contributed by atoms with E-state index in [1.807, 2.05) is 13.8 Å². The van der Waals surface area contributed by atoms with Crippen molar-refractivity contribution in [3.05, 3.63) is 71.8 Å². The lowest BCUT2D eigenvalue weighted by Crippen LogP contribution is -2.48. The number of rotatable bonds is 7. The van der Waals surface area contributed by atoms with Crippen molar-refractivity contribution in [2.75, 3.05) is 56.1 Å². The highest BCUT2D eigenvalue weighted by atomic mass is 19.4. The maximum absolute atomic E-state index is 14.4. The number of aliphatic hydroxyl groups excluding tert-OH is 1. The molecule has 2 aliphatic heterocycles. The highest BCUT2D eigenvalue weighted by Crippen LogP contribution is 2.35. The summed E-state index contributed by atoms with van der Waals surface area (Å²) in [6.07, 6.45) is -3.14. The van der Waals surface area contributed by atoms with Crippen LogP contribution in [-0.4, -0.2) is 91.3 Å². The van der Waals surface area contributed by atoms with Gasteiger partial charge in [0.15, 0.2) is 11.5 Å². The minimum Gasteiger partial charge on any atom is -0.490 e. The van der Waals surface area contributed by atoms with E-state index in [4.69, 9.17) is 18.9 Å². The average molecular weight is 758 g/mol. The van der Waals surface area contributed by atoms with Crippen LogP contribution in [0.5, 0.6) is 17.2 Å². The summed E-state index contributed by atoms with van der Waals surface area (Å²) < 4.78 is 62.3. The summed E-state index contributed by atoms with van der Waals surface area (Å²) in [5.41, 5.74) is 0.181. The standard InChI is InChI=1S/C38H46F3N5O8/c1-23-19-46(24(2)21-47)35(48)30-17-28(43-36(49)42-27-10-8-26(9-11-27)38(39,40)41)12-14-31(30)54-25(3)7-5-6-16-51-34(23)20-45(4)37(50)44-29-13-15-32-33(18-29)53-22-52-32/h8-15,17-18,23-25,34,47H,5-7,16,19-22H2,1-4H3,(H,44,50)(H2,42,43,49)/t23-,24-,25-,34+/m0/s1. The Hall–Kier alpha value is -5.22. The molecule has 13 nitrogen and oxygen atoms in total. The summed E-state index contributed by atoms with van der Waals surface area (Å²) in [5.74, 6) is 0.631. The van der Waals surface area contributed by atoms with Crippen molar-refractivity contribution in [1.29, 1.82) is 0 Å². The molecule has 5 amide bonds. The zero-order chi connectivity index (χ0) is 39.0. The zero-order valence-electron chi connectivity index (χ0n) is 30.6. The van der Waals surface area contributed by atoms with Gasteiger partial charge in [0.1, 0.15) is 5.75 Å². The van der Waals surface area contributed by atoms with Crippen LogP contribution in [-0.2, 0) is 10.9 Å². The van der Waals surface area contributed by atoms with Gasteiger partial charge in [-0.05, 0) is 87.7 Å². The predicted octanol–water partition coefficient (Wildman–Crippen LogP) is 7.04. The van der Waals surface area contributed by atoms with Crippen LogP contribution < -0.4 is 30.2 Å². The first kappa shape index (κ1) is 40.0. The molecule has 2 aliphatic rings. The fraction of sp³-hybridized carbons (Fsp3) is 0.447. The van der Waals surface area contributed by atoms with Crippen LogP contribution in [0.4, 0.5) is 39.8 Å². The molecular weight excluding hydrogens is 711 g/mol. The highest BCUT2D eigenvalue weighted by molar-refractivity contribution is 6.02. The van der Waals surface area contributed by atoms with E-state index < -0.39 is 35.8 Å². The molecule has 0 aromatic heterocycles. The summed E-state index contributed by atoms with van der Waals surface area (Å²) in [6.45, 7) is 6.03. The van der Waals surface area contributed by atoms with E-state index in [2.05, 4.69) is 16.0 Å². The zero-order valence-corrected chi connectivity index (χ0v) is 30.6. The maximum Gasteiger partial charge on any atom is 0.416 e. The first-order chi connectivity index (χ1) is 25.7. The van der Waals surface area contributed by atoms with Gasteiger partial charge >= 0.3 is 18.2 Å². The number of aliphatic hydroxyl groups is 1. The molecule has 3 aromatic rings. The number of anilines is 3. The normalized spacial score (nSPS) is 19.8. The summed E-state index contributed by atoms with van der Waals surface area (Å²) in [6, 6.07) is 12.0. The summed E-state index contributed by atoms with van der Waals surface area (Å²) in [5, 5.41) is 18.2. The molecule has 3 aromatic carbocycles. The summed E-state index contributed by atoms with van der Waals surface area (Å²) in [7, 11) is 1.65. The number of carbonyl (C=O) groups excluding carboxylic acids is 3. The van der Waals surface area contributed by atoms with Crippen molar-refractivity contribution in [1.82, 2.24) is 9.80 Å². The van der Waals surface area contributed by atoms with Crippen LogP contribution in [0.25, 0.3) is 0 Å². The fourth-order valence-electron chi connectivity index (χ4n) is 6.04. The molecule has 4 N–H and O–H groups in total. The molecule has 0 spiro atoms. The van der Waals surface area contributed by atoms with Crippen LogP contribution in [0.3, 0.4) is 0 Å². The number of urea groups is 2. The van der Waals surface area contributed by atoms with Crippen molar-refractivity contribution < 1.29 is 51.6 Å². The van der Waals surface area contributed by atoms with Crippen molar-refractivity contribution in [3.63, 3.8) is 0 Å². The van der Waals surface area contributed by atoms with Crippen LogP contribution >= 0.6 is 0 Å². The first-order valence-corrected chi connectivity index (χ1v) is 17.7.